The first-order chi connectivity index (χ1) is 8.91. The van der Waals surface area contributed by atoms with Crippen LogP contribution in [0, 0.1) is 6.92 Å². The van der Waals surface area contributed by atoms with Crippen molar-refractivity contribution in [3.8, 4) is 0 Å². The Labute approximate surface area is 111 Å². The lowest BCUT2D eigenvalue weighted by molar-refractivity contribution is -0.137. The molecular weight excluding hydrogens is 277 g/mol. The molecule has 0 saturated carbocycles. The number of hydrogen-bond donors (Lipinski definition) is 1. The smallest absolute Gasteiger partial charge is 0.307 e. The van der Waals surface area contributed by atoms with Crippen LogP contribution in [0.1, 0.15) is 27.4 Å². The van der Waals surface area contributed by atoms with E-state index in [4.69, 9.17) is 0 Å². The average molecular weight is 288 g/mol. The molecule has 1 atom stereocenters. The first-order valence-electron chi connectivity index (χ1n) is 5.41. The molecule has 0 radical (unpaired) electrons. The summed E-state index contributed by atoms with van der Waals surface area (Å²) in [6, 6.07) is 1.25. The second kappa shape index (κ2) is 5.22. The van der Waals surface area contributed by atoms with Gasteiger partial charge in [0.05, 0.1) is 11.7 Å². The number of nitrogens with one attached hydrogen (secondary N) is 1. The number of aromatic nitrogens is 3. The van der Waals surface area contributed by atoms with Crippen molar-refractivity contribution in [2.45, 2.75) is 19.1 Å². The minimum atomic E-state index is -4.41. The van der Waals surface area contributed by atoms with Crippen molar-refractivity contribution in [3.05, 3.63) is 39.9 Å². The topological polar surface area (TPSA) is 50.7 Å². The summed E-state index contributed by atoms with van der Waals surface area (Å²) in [5.74, 6) is 0.568. The molecule has 2 rings (SSSR count). The van der Waals surface area contributed by atoms with Crippen LogP contribution in [-0.4, -0.2) is 22.0 Å². The molecule has 19 heavy (non-hydrogen) atoms. The Kier molecular flexibility index (Phi) is 3.81. The van der Waals surface area contributed by atoms with Gasteiger partial charge in [-0.1, -0.05) is 0 Å². The molecule has 0 aromatic carbocycles. The van der Waals surface area contributed by atoms with Crippen LogP contribution < -0.4 is 5.32 Å². The van der Waals surface area contributed by atoms with E-state index in [-0.39, 0.29) is 0 Å². The lowest BCUT2D eigenvalue weighted by Crippen LogP contribution is -2.18. The zero-order valence-electron chi connectivity index (χ0n) is 10.2. The molecular formula is C11H11F3N4S. The highest BCUT2D eigenvalue weighted by atomic mass is 32.1. The van der Waals surface area contributed by atoms with Crippen molar-refractivity contribution < 1.29 is 13.2 Å². The molecule has 102 valence electrons. The van der Waals surface area contributed by atoms with E-state index in [0.29, 0.717) is 27.7 Å². The van der Waals surface area contributed by atoms with E-state index in [1.807, 2.05) is 0 Å². The Balaban J connectivity index is 2.35. The minimum absolute atomic E-state index is 0.421. The van der Waals surface area contributed by atoms with Gasteiger partial charge in [-0.3, -0.25) is 0 Å². The van der Waals surface area contributed by atoms with Crippen molar-refractivity contribution in [1.29, 1.82) is 0 Å². The molecule has 0 fully saturated rings. The van der Waals surface area contributed by atoms with Gasteiger partial charge < -0.3 is 5.32 Å². The predicted octanol–water partition coefficient (Wildman–Crippen LogP) is 2.57. The Hall–Kier alpha value is -1.54. The Morgan fingerprint density at radius 2 is 2.05 bits per heavy atom. The summed E-state index contributed by atoms with van der Waals surface area (Å²) in [5.41, 5.74) is 0.618. The maximum Gasteiger partial charge on any atom is 0.443 e. The SMILES string of the molecule is CNC(c1ccnc(C)n1)c1cnc(C(F)(F)F)s1. The molecule has 1 unspecified atom stereocenters. The van der Waals surface area contributed by atoms with Gasteiger partial charge in [-0.15, -0.1) is 11.3 Å². The molecule has 1 N–H and O–H groups in total. The number of halogens is 3. The third-order valence-corrected chi connectivity index (χ3v) is 3.54. The van der Waals surface area contributed by atoms with Gasteiger partial charge in [-0.05, 0) is 20.0 Å². The highest BCUT2D eigenvalue weighted by Gasteiger charge is 2.35. The van der Waals surface area contributed by atoms with Gasteiger partial charge in [-0.2, -0.15) is 13.2 Å². The molecule has 2 heterocycles. The van der Waals surface area contributed by atoms with E-state index in [1.165, 1.54) is 6.20 Å². The quantitative estimate of drug-likeness (QED) is 0.943. The van der Waals surface area contributed by atoms with Crippen molar-refractivity contribution in [2.24, 2.45) is 0 Å². The Morgan fingerprint density at radius 1 is 1.32 bits per heavy atom. The molecule has 0 saturated heterocycles. The second-order valence-electron chi connectivity index (χ2n) is 3.82. The fraction of sp³-hybridized carbons (Fsp3) is 0.364. The van der Waals surface area contributed by atoms with Gasteiger partial charge in [0.2, 0.25) is 0 Å². The summed E-state index contributed by atoms with van der Waals surface area (Å²) in [7, 11) is 1.66. The fourth-order valence-corrected chi connectivity index (χ4v) is 2.53. The number of nitrogens with zero attached hydrogens (tertiary/aromatic N) is 3. The van der Waals surface area contributed by atoms with E-state index in [2.05, 4.69) is 20.3 Å². The van der Waals surface area contributed by atoms with Gasteiger partial charge in [0.25, 0.3) is 0 Å². The third-order valence-electron chi connectivity index (χ3n) is 2.43. The molecule has 0 amide bonds. The molecule has 2 aromatic rings. The molecule has 0 bridgehead atoms. The van der Waals surface area contributed by atoms with E-state index in [1.54, 1.807) is 26.2 Å². The van der Waals surface area contributed by atoms with Crippen LogP contribution in [-0.2, 0) is 6.18 Å². The maximum atomic E-state index is 12.5. The zero-order valence-corrected chi connectivity index (χ0v) is 11.0. The molecule has 0 spiro atoms. The molecule has 4 nitrogen and oxygen atoms in total. The average Bonchev–Trinajstić information content (AvgIpc) is 2.79. The van der Waals surface area contributed by atoms with E-state index in [0.717, 1.165) is 0 Å². The second-order valence-corrected chi connectivity index (χ2v) is 4.88. The number of alkyl halides is 3. The summed E-state index contributed by atoms with van der Waals surface area (Å²) < 4.78 is 37.6. The molecule has 0 aliphatic rings. The van der Waals surface area contributed by atoms with Crippen LogP contribution in [0.4, 0.5) is 13.2 Å². The molecule has 2 aromatic heterocycles. The van der Waals surface area contributed by atoms with Gasteiger partial charge in [-0.25, -0.2) is 15.0 Å². The number of aryl methyl sites for hydroxylation is 1. The van der Waals surface area contributed by atoms with Gasteiger partial charge in [0, 0.05) is 17.3 Å². The fourth-order valence-electron chi connectivity index (χ4n) is 1.62. The first kappa shape index (κ1) is 13.9. The summed E-state index contributed by atoms with van der Waals surface area (Å²) in [4.78, 5) is 12.1. The van der Waals surface area contributed by atoms with Crippen LogP contribution in [0.2, 0.25) is 0 Å². The van der Waals surface area contributed by atoms with Crippen LogP contribution >= 0.6 is 11.3 Å². The number of rotatable bonds is 3. The summed E-state index contributed by atoms with van der Waals surface area (Å²) >= 11 is 0.614. The third kappa shape index (κ3) is 3.07. The Bertz CT molecular complexity index is 567. The van der Waals surface area contributed by atoms with E-state index >= 15 is 0 Å². The number of thiazole rings is 1. The van der Waals surface area contributed by atoms with E-state index < -0.39 is 17.2 Å². The maximum absolute atomic E-state index is 12.5. The normalized spacial score (nSPS) is 13.5. The zero-order chi connectivity index (χ0) is 14.0. The van der Waals surface area contributed by atoms with Crippen molar-refractivity contribution in [1.82, 2.24) is 20.3 Å². The van der Waals surface area contributed by atoms with Gasteiger partial charge >= 0.3 is 6.18 Å². The van der Waals surface area contributed by atoms with Crippen LogP contribution in [0.25, 0.3) is 0 Å². The summed E-state index contributed by atoms with van der Waals surface area (Å²) in [5, 5.41) is 2.09. The highest BCUT2D eigenvalue weighted by molar-refractivity contribution is 7.11. The van der Waals surface area contributed by atoms with Crippen molar-refractivity contribution >= 4 is 11.3 Å². The van der Waals surface area contributed by atoms with Crippen LogP contribution in [0.3, 0.4) is 0 Å². The van der Waals surface area contributed by atoms with Crippen LogP contribution in [0.15, 0.2) is 18.5 Å². The number of hydrogen-bond acceptors (Lipinski definition) is 5. The minimum Gasteiger partial charge on any atom is -0.307 e. The standard InChI is InChI=1S/C11H11F3N4S/c1-6-16-4-3-7(18-6)9(15-2)8-5-17-10(19-8)11(12,13)14/h3-5,9,15H,1-2H3. The van der Waals surface area contributed by atoms with Crippen LogP contribution in [0.5, 0.6) is 0 Å². The summed E-state index contributed by atoms with van der Waals surface area (Å²) in [6.45, 7) is 1.73. The molecule has 8 heteroatoms. The molecule has 0 aliphatic carbocycles. The largest absolute Gasteiger partial charge is 0.443 e. The highest BCUT2D eigenvalue weighted by Crippen LogP contribution is 2.35. The van der Waals surface area contributed by atoms with Gasteiger partial charge in [0.15, 0.2) is 5.01 Å². The first-order valence-corrected chi connectivity index (χ1v) is 6.23. The van der Waals surface area contributed by atoms with E-state index in [9.17, 15) is 13.2 Å². The lowest BCUT2D eigenvalue weighted by Gasteiger charge is -2.13. The molecule has 0 aliphatic heterocycles. The van der Waals surface area contributed by atoms with Gasteiger partial charge in [0.1, 0.15) is 5.82 Å². The predicted molar refractivity (Wildman–Crippen MR) is 64.8 cm³/mol. The monoisotopic (exact) mass is 288 g/mol. The van der Waals surface area contributed by atoms with Crippen molar-refractivity contribution in [2.75, 3.05) is 7.05 Å². The summed E-state index contributed by atoms with van der Waals surface area (Å²) in [6.07, 6.45) is -1.61. The Morgan fingerprint density at radius 3 is 2.58 bits per heavy atom. The lowest BCUT2D eigenvalue weighted by atomic mass is 10.2. The van der Waals surface area contributed by atoms with Crippen molar-refractivity contribution in [3.63, 3.8) is 0 Å².